The lowest BCUT2D eigenvalue weighted by atomic mass is 9.84. The van der Waals surface area contributed by atoms with E-state index in [-0.39, 0.29) is 25.0 Å². The first-order chi connectivity index (χ1) is 15.2. The Bertz CT molecular complexity index is 938. The summed E-state index contributed by atoms with van der Waals surface area (Å²) in [4.78, 5) is 47.2. The van der Waals surface area contributed by atoms with Gasteiger partial charge < -0.3 is 14.4 Å². The number of ether oxygens (including phenoxy) is 2. The van der Waals surface area contributed by atoms with Gasteiger partial charge in [0.2, 0.25) is 11.9 Å². The largest absolute Gasteiger partial charge is 0.450 e. The molecule has 0 saturated carbocycles. The van der Waals surface area contributed by atoms with Crippen LogP contribution in [0.1, 0.15) is 25.6 Å². The molecule has 3 heterocycles. The summed E-state index contributed by atoms with van der Waals surface area (Å²) in [6.45, 7) is 12.7. The second-order valence-electron chi connectivity index (χ2n) is 10.7. The van der Waals surface area contributed by atoms with E-state index in [9.17, 15) is 14.4 Å². The van der Waals surface area contributed by atoms with Gasteiger partial charge in [-0.3, -0.25) is 15.0 Å². The Morgan fingerprint density at radius 2 is 2.03 bits per heavy atom. The number of carbonyl (C=O) groups excluding carboxylic acids is 3. The van der Waals surface area contributed by atoms with Gasteiger partial charge in [-0.1, -0.05) is 25.7 Å². The van der Waals surface area contributed by atoms with E-state index in [1.165, 1.54) is 16.2 Å². The summed E-state index contributed by atoms with van der Waals surface area (Å²) in [5, 5.41) is 4.53. The van der Waals surface area contributed by atoms with Crippen molar-refractivity contribution in [1.82, 2.24) is 15.1 Å². The van der Waals surface area contributed by atoms with Crippen molar-refractivity contribution in [2.24, 2.45) is 10.9 Å². The third kappa shape index (κ3) is 5.75. The number of hydrogen-bond acceptors (Lipinski definition) is 7. The molecule has 2 aliphatic rings. The molecule has 1 saturated heterocycles. The van der Waals surface area contributed by atoms with Crippen molar-refractivity contribution in [2.75, 3.05) is 26.7 Å². The summed E-state index contributed by atoms with van der Waals surface area (Å²) in [6.07, 6.45) is -1.13. The second-order valence-corrected chi connectivity index (χ2v) is 17.3. The Morgan fingerprint density at radius 1 is 1.33 bits per heavy atom. The number of likely N-dealkylation sites (tertiary alicyclic amines) is 1. The topological polar surface area (TPSA) is 101 Å². The van der Waals surface area contributed by atoms with Gasteiger partial charge in [-0.05, 0) is 38.3 Å². The van der Waals surface area contributed by atoms with Gasteiger partial charge in [0.05, 0.1) is 19.1 Å². The number of thiophene rings is 1. The molecule has 2 atom stereocenters. The Hall–Kier alpha value is -2.40. The maximum Gasteiger partial charge on any atom is 0.414 e. The fourth-order valence-electron chi connectivity index (χ4n) is 3.85. The highest BCUT2D eigenvalue weighted by molar-refractivity contribution is 7.10. The van der Waals surface area contributed by atoms with Gasteiger partial charge in [0.15, 0.2) is 0 Å². The van der Waals surface area contributed by atoms with E-state index in [1.54, 1.807) is 32.7 Å². The van der Waals surface area contributed by atoms with E-state index in [0.717, 1.165) is 10.9 Å². The number of nitrogens with zero attached hydrogens (tertiary/aromatic N) is 3. The SMILES string of the molecule is CN1C(=O)[C@@H]2CN(C(=O)OCC[Si](C)(C)C)C[C@]2(c2cccs2)N=C1NC(=O)OC(C)(C)C. The van der Waals surface area contributed by atoms with Gasteiger partial charge >= 0.3 is 12.2 Å². The van der Waals surface area contributed by atoms with Crippen LogP contribution < -0.4 is 5.32 Å². The van der Waals surface area contributed by atoms with Crippen molar-refractivity contribution < 1.29 is 23.9 Å². The summed E-state index contributed by atoms with van der Waals surface area (Å²) in [7, 11) is 0.218. The molecule has 182 valence electrons. The van der Waals surface area contributed by atoms with Crippen LogP contribution in [0.3, 0.4) is 0 Å². The van der Waals surface area contributed by atoms with E-state index < -0.39 is 37.3 Å². The summed E-state index contributed by atoms with van der Waals surface area (Å²) >= 11 is 1.47. The Morgan fingerprint density at radius 3 is 2.61 bits per heavy atom. The first-order valence-electron chi connectivity index (χ1n) is 11.0. The Balaban J connectivity index is 1.88. The first-order valence-corrected chi connectivity index (χ1v) is 15.6. The van der Waals surface area contributed by atoms with Crippen LogP contribution >= 0.6 is 11.3 Å². The minimum Gasteiger partial charge on any atom is -0.450 e. The fourth-order valence-corrected chi connectivity index (χ4v) is 5.48. The van der Waals surface area contributed by atoms with Crippen molar-refractivity contribution >= 4 is 43.5 Å². The standard InChI is InChI=1S/C22H34N4O5SSi/c1-21(2,3)31-19(28)23-18-24-22(16-9-8-11-32-16)14-26(13-15(22)17(27)25(18)4)20(29)30-10-12-33(5,6)7/h8-9,11,15H,10,12-14H2,1-7H3,(H,23,24,28)/t15-,22-/m0/s1. The third-order valence-corrected chi connectivity index (χ3v) is 8.30. The van der Waals surface area contributed by atoms with Crippen LogP contribution in [-0.4, -0.2) is 74.3 Å². The zero-order valence-corrected chi connectivity index (χ0v) is 22.2. The maximum atomic E-state index is 13.4. The molecule has 2 aliphatic heterocycles. The minimum atomic E-state index is -1.34. The highest BCUT2D eigenvalue weighted by atomic mass is 32.1. The number of amides is 3. The molecule has 0 aliphatic carbocycles. The number of aliphatic imine (C=N–C) groups is 1. The van der Waals surface area contributed by atoms with Gasteiger partial charge in [-0.25, -0.2) is 14.6 Å². The zero-order valence-electron chi connectivity index (χ0n) is 20.4. The zero-order chi connectivity index (χ0) is 24.6. The highest BCUT2D eigenvalue weighted by Crippen LogP contribution is 2.45. The van der Waals surface area contributed by atoms with Crippen molar-refractivity contribution in [2.45, 2.75) is 57.6 Å². The molecule has 9 nitrogen and oxygen atoms in total. The molecule has 0 aromatic carbocycles. The fraction of sp³-hybridized carbons (Fsp3) is 0.636. The number of carbonyl (C=O) groups is 3. The molecule has 33 heavy (non-hydrogen) atoms. The lowest BCUT2D eigenvalue weighted by Gasteiger charge is -2.37. The quantitative estimate of drug-likeness (QED) is 0.643. The Labute approximate surface area is 200 Å². The monoisotopic (exact) mass is 494 g/mol. The van der Waals surface area contributed by atoms with Crippen molar-refractivity contribution in [3.05, 3.63) is 22.4 Å². The van der Waals surface area contributed by atoms with Gasteiger partial charge in [-0.2, -0.15) is 0 Å². The van der Waals surface area contributed by atoms with Crippen molar-refractivity contribution in [3.8, 4) is 0 Å². The summed E-state index contributed by atoms with van der Waals surface area (Å²) in [5.74, 6) is -0.690. The average Bonchev–Trinajstić information content (AvgIpc) is 3.32. The van der Waals surface area contributed by atoms with E-state index >= 15 is 0 Å². The summed E-state index contributed by atoms with van der Waals surface area (Å²) in [6, 6.07) is 4.67. The molecule has 3 amide bonds. The molecule has 0 spiro atoms. The highest BCUT2D eigenvalue weighted by Gasteiger charge is 2.57. The van der Waals surface area contributed by atoms with Crippen molar-refractivity contribution in [3.63, 3.8) is 0 Å². The van der Waals surface area contributed by atoms with Crippen LogP contribution in [0.4, 0.5) is 9.59 Å². The lowest BCUT2D eigenvalue weighted by Crippen LogP contribution is -2.56. The molecule has 1 fully saturated rings. The third-order valence-electron chi connectivity index (χ3n) is 5.56. The molecular formula is C22H34N4O5SSi. The molecule has 0 unspecified atom stereocenters. The molecule has 1 aromatic heterocycles. The molecule has 1 N–H and O–H groups in total. The minimum absolute atomic E-state index is 0.104. The van der Waals surface area contributed by atoms with Crippen LogP contribution in [0.15, 0.2) is 22.5 Å². The number of hydrogen-bond donors (Lipinski definition) is 1. The number of alkyl carbamates (subject to hydrolysis) is 1. The Kier molecular flexibility index (Phi) is 6.95. The lowest BCUT2D eigenvalue weighted by molar-refractivity contribution is -0.132. The number of rotatable bonds is 4. The number of fused-ring (bicyclic) bond motifs is 1. The smallest absolute Gasteiger partial charge is 0.414 e. The van der Waals surface area contributed by atoms with Crippen molar-refractivity contribution in [1.29, 1.82) is 0 Å². The molecule has 1 aromatic rings. The van der Waals surface area contributed by atoms with E-state index in [2.05, 4.69) is 25.0 Å². The number of nitrogens with one attached hydrogen (secondary N) is 1. The van der Waals surface area contributed by atoms with E-state index in [0.29, 0.717) is 6.61 Å². The average molecular weight is 495 g/mol. The van der Waals surface area contributed by atoms with Crippen LogP contribution in [0.25, 0.3) is 0 Å². The second kappa shape index (κ2) is 9.09. The molecule has 0 radical (unpaired) electrons. The predicted octanol–water partition coefficient (Wildman–Crippen LogP) is 3.70. The number of guanidine groups is 1. The summed E-state index contributed by atoms with van der Waals surface area (Å²) < 4.78 is 10.9. The van der Waals surface area contributed by atoms with Gasteiger partial charge in [0, 0.05) is 26.5 Å². The van der Waals surface area contributed by atoms with E-state index in [4.69, 9.17) is 14.5 Å². The van der Waals surface area contributed by atoms with Crippen LogP contribution in [0, 0.1) is 5.92 Å². The molecule has 3 rings (SSSR count). The first kappa shape index (κ1) is 25.2. The predicted molar refractivity (Wildman–Crippen MR) is 130 cm³/mol. The van der Waals surface area contributed by atoms with Gasteiger partial charge in [-0.15, -0.1) is 11.3 Å². The van der Waals surface area contributed by atoms with Crippen LogP contribution in [0.2, 0.25) is 25.7 Å². The summed E-state index contributed by atoms with van der Waals surface area (Å²) in [5.41, 5.74) is -1.68. The maximum absolute atomic E-state index is 13.4. The van der Waals surface area contributed by atoms with E-state index in [1.807, 2.05) is 17.5 Å². The van der Waals surface area contributed by atoms with Gasteiger partial charge in [0.25, 0.3) is 0 Å². The molecule has 11 heteroatoms. The molecule has 0 bridgehead atoms. The van der Waals surface area contributed by atoms with Gasteiger partial charge in [0.1, 0.15) is 11.1 Å². The van der Waals surface area contributed by atoms with Crippen LogP contribution in [0.5, 0.6) is 0 Å². The normalized spacial score (nSPS) is 23.2. The van der Waals surface area contributed by atoms with Crippen LogP contribution in [-0.2, 0) is 19.8 Å². The molecular weight excluding hydrogens is 460 g/mol.